The van der Waals surface area contributed by atoms with Crippen molar-refractivity contribution in [3.8, 4) is 5.75 Å². The SMILES string of the molecule is O=S(=O)(C1C[C@@H]2CC[C@H]1C2)N1CCC(Oc2cccnc2N2CCCC2)C1. The van der Waals surface area contributed by atoms with E-state index in [2.05, 4.69) is 9.88 Å². The standard InChI is InChI=1S/C20H29N3O3S/c24-27(25,19-13-15-5-6-16(19)12-15)23-11-7-17(14-23)26-18-4-3-8-21-20(18)22-9-1-2-10-22/h3-4,8,15-17,19H,1-2,5-7,9-14H2/t15-,16+,17?,19?/m1/s1. The number of rotatable bonds is 5. The molecule has 2 bridgehead atoms. The van der Waals surface area contributed by atoms with Crippen molar-refractivity contribution >= 4 is 15.8 Å². The predicted octanol–water partition coefficient (Wildman–Crippen LogP) is 2.65. The lowest BCUT2D eigenvalue weighted by Crippen LogP contribution is -2.40. The zero-order valence-corrected chi connectivity index (χ0v) is 16.6. The second kappa shape index (κ2) is 6.92. The topological polar surface area (TPSA) is 62.7 Å². The Morgan fingerprint density at radius 1 is 1.07 bits per heavy atom. The lowest BCUT2D eigenvalue weighted by molar-refractivity contribution is 0.215. The highest BCUT2D eigenvalue weighted by Gasteiger charge is 2.49. The van der Waals surface area contributed by atoms with Crippen LogP contribution in [0.15, 0.2) is 18.3 Å². The lowest BCUT2D eigenvalue weighted by atomic mass is 10.0. The summed E-state index contributed by atoms with van der Waals surface area (Å²) in [5.41, 5.74) is 0. The van der Waals surface area contributed by atoms with Crippen LogP contribution in [0.1, 0.15) is 44.9 Å². The van der Waals surface area contributed by atoms with Gasteiger partial charge in [0, 0.05) is 25.8 Å². The Bertz CT molecular complexity index is 793. The minimum absolute atomic E-state index is 0.0797. The van der Waals surface area contributed by atoms with E-state index < -0.39 is 10.0 Å². The number of hydrogen-bond acceptors (Lipinski definition) is 5. The zero-order valence-electron chi connectivity index (χ0n) is 15.8. The molecule has 0 spiro atoms. The molecule has 6 nitrogen and oxygen atoms in total. The van der Waals surface area contributed by atoms with Crippen LogP contribution in [-0.2, 0) is 10.0 Å². The number of pyridine rings is 1. The van der Waals surface area contributed by atoms with E-state index in [4.69, 9.17) is 4.74 Å². The molecule has 0 aromatic carbocycles. The largest absolute Gasteiger partial charge is 0.485 e. The summed E-state index contributed by atoms with van der Waals surface area (Å²) in [6.45, 7) is 3.09. The molecule has 7 heteroatoms. The third-order valence-corrected chi connectivity index (χ3v) is 9.37. The average molecular weight is 392 g/mol. The van der Waals surface area contributed by atoms with E-state index in [9.17, 15) is 8.42 Å². The molecule has 2 aliphatic carbocycles. The monoisotopic (exact) mass is 391 g/mol. The molecule has 3 heterocycles. The van der Waals surface area contributed by atoms with Crippen molar-refractivity contribution in [2.24, 2.45) is 11.8 Å². The fourth-order valence-electron chi connectivity index (χ4n) is 5.59. The van der Waals surface area contributed by atoms with Crippen molar-refractivity contribution in [2.75, 3.05) is 31.1 Å². The minimum atomic E-state index is -3.19. The number of sulfonamides is 1. The highest BCUT2D eigenvalue weighted by molar-refractivity contribution is 7.89. The summed E-state index contributed by atoms with van der Waals surface area (Å²) in [5, 5.41) is -0.145. The molecule has 5 rings (SSSR count). The molecule has 2 unspecified atom stereocenters. The molecular weight excluding hydrogens is 362 g/mol. The van der Waals surface area contributed by atoms with Gasteiger partial charge in [-0.1, -0.05) is 6.42 Å². The molecule has 2 saturated carbocycles. The Kier molecular flexibility index (Phi) is 4.55. The zero-order chi connectivity index (χ0) is 18.4. The van der Waals surface area contributed by atoms with Crippen molar-refractivity contribution in [1.29, 1.82) is 0 Å². The minimum Gasteiger partial charge on any atom is -0.485 e. The maximum absolute atomic E-state index is 13.1. The van der Waals surface area contributed by atoms with Crippen LogP contribution in [-0.4, -0.2) is 55.2 Å². The first-order chi connectivity index (χ1) is 13.1. The Morgan fingerprint density at radius 2 is 1.93 bits per heavy atom. The number of fused-ring (bicyclic) bond motifs is 2. The highest BCUT2D eigenvalue weighted by Crippen LogP contribution is 2.48. The van der Waals surface area contributed by atoms with Crippen molar-refractivity contribution in [3.63, 3.8) is 0 Å². The van der Waals surface area contributed by atoms with Gasteiger partial charge >= 0.3 is 0 Å². The summed E-state index contributed by atoms with van der Waals surface area (Å²) in [6.07, 6.45) is 9.17. The van der Waals surface area contributed by atoms with Crippen LogP contribution in [0.3, 0.4) is 0 Å². The summed E-state index contributed by atoms with van der Waals surface area (Å²) >= 11 is 0. The van der Waals surface area contributed by atoms with Gasteiger partial charge in [-0.2, -0.15) is 4.31 Å². The first-order valence-electron chi connectivity index (χ1n) is 10.5. The average Bonchev–Trinajstić information content (AvgIpc) is 3.45. The highest BCUT2D eigenvalue weighted by atomic mass is 32.2. The quantitative estimate of drug-likeness (QED) is 0.772. The lowest BCUT2D eigenvalue weighted by Gasteiger charge is -2.27. The predicted molar refractivity (Wildman–Crippen MR) is 104 cm³/mol. The van der Waals surface area contributed by atoms with E-state index in [1.807, 2.05) is 12.1 Å². The van der Waals surface area contributed by atoms with Crippen molar-refractivity contribution in [3.05, 3.63) is 18.3 Å². The molecule has 0 radical (unpaired) electrons. The van der Waals surface area contributed by atoms with E-state index in [-0.39, 0.29) is 11.4 Å². The van der Waals surface area contributed by atoms with Gasteiger partial charge < -0.3 is 9.64 Å². The van der Waals surface area contributed by atoms with Gasteiger partial charge in [0.15, 0.2) is 11.6 Å². The second-order valence-electron chi connectivity index (χ2n) is 8.66. The van der Waals surface area contributed by atoms with E-state index in [0.29, 0.717) is 24.9 Å². The van der Waals surface area contributed by atoms with Crippen LogP contribution in [0, 0.1) is 11.8 Å². The van der Waals surface area contributed by atoms with Gasteiger partial charge in [-0.05, 0) is 62.5 Å². The second-order valence-corrected chi connectivity index (χ2v) is 10.8. The third-order valence-electron chi connectivity index (χ3n) is 6.97. The summed E-state index contributed by atoms with van der Waals surface area (Å²) in [7, 11) is -3.19. The van der Waals surface area contributed by atoms with Gasteiger partial charge in [0.1, 0.15) is 6.10 Å². The smallest absolute Gasteiger partial charge is 0.217 e. The fraction of sp³-hybridized carbons (Fsp3) is 0.750. The summed E-state index contributed by atoms with van der Waals surface area (Å²) in [5.74, 6) is 2.73. The van der Waals surface area contributed by atoms with E-state index in [1.165, 1.54) is 19.3 Å². The van der Waals surface area contributed by atoms with Gasteiger partial charge in [-0.15, -0.1) is 0 Å². The van der Waals surface area contributed by atoms with Gasteiger partial charge in [0.05, 0.1) is 11.8 Å². The van der Waals surface area contributed by atoms with Crippen LogP contribution in [0.25, 0.3) is 0 Å². The van der Waals surface area contributed by atoms with Crippen molar-refractivity contribution < 1.29 is 13.2 Å². The van der Waals surface area contributed by atoms with E-state index in [0.717, 1.165) is 50.3 Å². The molecule has 27 heavy (non-hydrogen) atoms. The number of ether oxygens (including phenoxy) is 1. The summed E-state index contributed by atoms with van der Waals surface area (Å²) < 4.78 is 34.3. The maximum atomic E-state index is 13.1. The van der Waals surface area contributed by atoms with Crippen LogP contribution in [0.5, 0.6) is 5.75 Å². The third kappa shape index (κ3) is 3.23. The molecule has 4 fully saturated rings. The molecular formula is C20H29N3O3S. The molecule has 0 amide bonds. The Morgan fingerprint density at radius 3 is 2.67 bits per heavy atom. The Balaban J connectivity index is 1.27. The molecule has 4 atom stereocenters. The van der Waals surface area contributed by atoms with E-state index in [1.54, 1.807) is 10.5 Å². The molecule has 4 aliphatic rings. The van der Waals surface area contributed by atoms with Crippen molar-refractivity contribution in [2.45, 2.75) is 56.3 Å². The number of anilines is 1. The molecule has 148 valence electrons. The summed E-state index contributed by atoms with van der Waals surface area (Å²) in [4.78, 5) is 6.80. The van der Waals surface area contributed by atoms with Crippen LogP contribution in [0.2, 0.25) is 0 Å². The first-order valence-corrected chi connectivity index (χ1v) is 12.0. The Hall–Kier alpha value is -1.34. The molecule has 2 aliphatic heterocycles. The van der Waals surface area contributed by atoms with Crippen LogP contribution in [0.4, 0.5) is 5.82 Å². The van der Waals surface area contributed by atoms with Gasteiger partial charge in [0.25, 0.3) is 0 Å². The van der Waals surface area contributed by atoms with Gasteiger partial charge in [-0.3, -0.25) is 0 Å². The van der Waals surface area contributed by atoms with Crippen LogP contribution >= 0.6 is 0 Å². The van der Waals surface area contributed by atoms with Gasteiger partial charge in [-0.25, -0.2) is 13.4 Å². The number of hydrogen-bond donors (Lipinski definition) is 0. The van der Waals surface area contributed by atoms with E-state index >= 15 is 0 Å². The number of aromatic nitrogens is 1. The normalized spacial score (nSPS) is 33.9. The first kappa shape index (κ1) is 17.7. The van der Waals surface area contributed by atoms with Crippen molar-refractivity contribution in [1.82, 2.24) is 9.29 Å². The maximum Gasteiger partial charge on any atom is 0.217 e. The molecule has 0 N–H and O–H groups in total. The number of nitrogens with zero attached hydrogens (tertiary/aromatic N) is 3. The summed E-state index contributed by atoms with van der Waals surface area (Å²) in [6, 6.07) is 3.86. The molecule has 1 aromatic rings. The Labute approximate surface area is 161 Å². The fourth-order valence-corrected chi connectivity index (χ4v) is 7.95. The van der Waals surface area contributed by atoms with Gasteiger partial charge in [0.2, 0.25) is 10.0 Å². The molecule has 1 aromatic heterocycles. The van der Waals surface area contributed by atoms with Crippen LogP contribution < -0.4 is 9.64 Å². The molecule has 2 saturated heterocycles.